The Kier molecular flexibility index (Phi) is 9.21. The highest BCUT2D eigenvalue weighted by molar-refractivity contribution is 7.92. The Morgan fingerprint density at radius 1 is 0.917 bits per heavy atom. The summed E-state index contributed by atoms with van der Waals surface area (Å²) in [6.07, 6.45) is 6.04. The number of anilines is 1. The molecule has 2 saturated carbocycles. The Labute approximate surface area is 281 Å². The molecule has 3 saturated heterocycles. The van der Waals surface area contributed by atoms with E-state index in [2.05, 4.69) is 15.1 Å². The number of likely N-dealkylation sites (tertiary alicyclic amines) is 2. The van der Waals surface area contributed by atoms with Gasteiger partial charge in [0.1, 0.15) is 11.6 Å². The molecule has 48 heavy (non-hydrogen) atoms. The molecule has 3 heterocycles. The molecule has 2 aromatic carbocycles. The SMILES string of the molecule is COC(=O)N[C@H]1CCC[C@@H]1[C@](CN1CCC1)(c1cc(F)cc(F)c1)C1CCN(CC2(F)CN(c3ccc(S(=O)(=O)C4CC4)cc3)C2)CC1. The van der Waals surface area contributed by atoms with Crippen LogP contribution in [0.1, 0.15) is 56.9 Å². The van der Waals surface area contributed by atoms with E-state index in [-0.39, 0.29) is 36.2 Å². The van der Waals surface area contributed by atoms with Crippen LogP contribution < -0.4 is 10.2 Å². The predicted molar refractivity (Wildman–Crippen MR) is 178 cm³/mol. The van der Waals surface area contributed by atoms with E-state index in [4.69, 9.17) is 4.74 Å². The molecule has 3 atom stereocenters. The molecule has 2 aromatic rings. The molecule has 7 rings (SSSR count). The number of carbonyl (C=O) groups excluding carboxylic acids is 1. The molecular formula is C36H47F3N4O4S. The van der Waals surface area contributed by atoms with Crippen LogP contribution >= 0.6 is 0 Å². The molecular weight excluding hydrogens is 641 g/mol. The Morgan fingerprint density at radius 3 is 2.17 bits per heavy atom. The summed E-state index contributed by atoms with van der Waals surface area (Å²) in [5.74, 6) is -1.15. The van der Waals surface area contributed by atoms with Gasteiger partial charge in [0.25, 0.3) is 0 Å². The number of amides is 1. The number of halogens is 3. The third kappa shape index (κ3) is 6.56. The van der Waals surface area contributed by atoms with Crippen molar-refractivity contribution in [1.29, 1.82) is 0 Å². The zero-order valence-corrected chi connectivity index (χ0v) is 28.5. The van der Waals surface area contributed by atoms with Gasteiger partial charge in [-0.15, -0.1) is 0 Å². The monoisotopic (exact) mass is 688 g/mol. The standard InChI is InChI=1S/C36H47F3N4O4S/c1-47-34(44)40-33-5-2-4-32(33)36(24-41-14-3-15-41,26-18-27(37)20-28(38)19-26)25-12-16-42(17-13-25)21-35(39)22-43(23-35)29-6-8-30(9-7-29)48(45,46)31-10-11-31/h6-9,18-20,25,31-33H,2-5,10-17,21-24H2,1H3,(H,40,44)/t32-,33-,36-/m0/s1. The normalized spacial score (nSPS) is 26.4. The summed E-state index contributed by atoms with van der Waals surface area (Å²) in [5, 5.41) is 2.80. The maximum absolute atomic E-state index is 16.1. The van der Waals surface area contributed by atoms with Gasteiger partial charge in [0.05, 0.1) is 30.3 Å². The molecule has 5 aliphatic rings. The molecule has 1 amide bonds. The highest BCUT2D eigenvalue weighted by Crippen LogP contribution is 2.52. The first-order valence-electron chi connectivity index (χ1n) is 17.5. The van der Waals surface area contributed by atoms with Crippen LogP contribution in [-0.4, -0.2) is 101 Å². The Hall–Kier alpha value is -2.83. The molecule has 3 aliphatic heterocycles. The summed E-state index contributed by atoms with van der Waals surface area (Å²) in [4.78, 5) is 19.3. The van der Waals surface area contributed by atoms with Gasteiger partial charge >= 0.3 is 6.09 Å². The van der Waals surface area contributed by atoms with Crippen LogP contribution in [0.3, 0.4) is 0 Å². The zero-order valence-electron chi connectivity index (χ0n) is 27.7. The third-order valence-corrected chi connectivity index (χ3v) is 14.0. The van der Waals surface area contributed by atoms with Gasteiger partial charge in [-0.05, 0) is 125 Å². The molecule has 8 nitrogen and oxygen atoms in total. The van der Waals surface area contributed by atoms with E-state index < -0.39 is 38.6 Å². The van der Waals surface area contributed by atoms with E-state index in [0.29, 0.717) is 49.5 Å². The number of nitrogens with one attached hydrogen (secondary N) is 1. The highest BCUT2D eigenvalue weighted by Gasteiger charge is 2.54. The van der Waals surface area contributed by atoms with Crippen molar-refractivity contribution in [2.24, 2.45) is 11.8 Å². The Morgan fingerprint density at radius 2 is 1.58 bits per heavy atom. The lowest BCUT2D eigenvalue weighted by molar-refractivity contribution is 0.00573. The lowest BCUT2D eigenvalue weighted by Gasteiger charge is -2.54. The van der Waals surface area contributed by atoms with E-state index >= 15 is 4.39 Å². The number of sulfone groups is 1. The van der Waals surface area contributed by atoms with Crippen molar-refractivity contribution >= 4 is 21.6 Å². The van der Waals surface area contributed by atoms with Crippen LogP contribution in [0.2, 0.25) is 0 Å². The quantitative estimate of drug-likeness (QED) is 0.343. The minimum atomic E-state index is -3.26. The molecule has 0 bridgehead atoms. The fourth-order valence-corrected chi connectivity index (χ4v) is 10.8. The first-order valence-corrected chi connectivity index (χ1v) is 19.1. The van der Waals surface area contributed by atoms with Crippen molar-refractivity contribution < 1.29 is 31.1 Å². The predicted octanol–water partition coefficient (Wildman–Crippen LogP) is 5.31. The molecule has 1 N–H and O–H groups in total. The minimum Gasteiger partial charge on any atom is -0.453 e. The molecule has 0 unspecified atom stereocenters. The number of alkyl carbamates (subject to hydrolysis) is 1. The number of ether oxygens (including phenoxy) is 1. The number of hydrogen-bond acceptors (Lipinski definition) is 7. The van der Waals surface area contributed by atoms with Gasteiger partial charge in [-0.3, -0.25) is 4.90 Å². The van der Waals surface area contributed by atoms with Crippen LogP contribution in [0.4, 0.5) is 23.7 Å². The number of rotatable bonds is 11. The van der Waals surface area contributed by atoms with Crippen molar-refractivity contribution in [3.05, 3.63) is 59.7 Å². The van der Waals surface area contributed by atoms with Gasteiger partial charge < -0.3 is 19.9 Å². The van der Waals surface area contributed by atoms with Gasteiger partial charge in [-0.2, -0.15) is 0 Å². The fraction of sp³-hybridized carbons (Fsp3) is 0.639. The number of carbonyl (C=O) groups is 1. The molecule has 0 aromatic heterocycles. The van der Waals surface area contributed by atoms with Crippen molar-refractivity contribution in [2.45, 2.75) is 78.6 Å². The summed E-state index contributed by atoms with van der Waals surface area (Å²) in [6, 6.07) is 10.6. The fourth-order valence-electron chi connectivity index (χ4n) is 9.13. The average molecular weight is 689 g/mol. The van der Waals surface area contributed by atoms with Crippen molar-refractivity contribution in [3.63, 3.8) is 0 Å². The first kappa shape index (κ1) is 33.7. The smallest absolute Gasteiger partial charge is 0.407 e. The number of benzene rings is 2. The van der Waals surface area contributed by atoms with Crippen LogP contribution in [0.5, 0.6) is 0 Å². The Bertz CT molecular complexity index is 1570. The van der Waals surface area contributed by atoms with Crippen LogP contribution in [0, 0.1) is 23.5 Å². The highest BCUT2D eigenvalue weighted by atomic mass is 32.2. The summed E-state index contributed by atoms with van der Waals surface area (Å²) < 4.78 is 76.0. The molecule has 2 aliphatic carbocycles. The lowest BCUT2D eigenvalue weighted by atomic mass is 9.57. The largest absolute Gasteiger partial charge is 0.453 e. The minimum absolute atomic E-state index is 0.0340. The van der Waals surface area contributed by atoms with Crippen LogP contribution in [0.15, 0.2) is 47.4 Å². The van der Waals surface area contributed by atoms with Crippen LogP contribution in [-0.2, 0) is 20.0 Å². The molecule has 12 heteroatoms. The van der Waals surface area contributed by atoms with Crippen molar-refractivity contribution in [1.82, 2.24) is 15.1 Å². The van der Waals surface area contributed by atoms with E-state index in [1.807, 2.05) is 4.90 Å². The van der Waals surface area contributed by atoms with Crippen LogP contribution in [0.25, 0.3) is 0 Å². The maximum Gasteiger partial charge on any atom is 0.407 e. The van der Waals surface area contributed by atoms with E-state index in [1.165, 1.54) is 19.2 Å². The average Bonchev–Trinajstić information content (AvgIpc) is 3.80. The third-order valence-electron chi connectivity index (χ3n) is 11.8. The topological polar surface area (TPSA) is 82.2 Å². The lowest BCUT2D eigenvalue weighted by Crippen LogP contribution is -2.65. The summed E-state index contributed by atoms with van der Waals surface area (Å²) in [5.41, 5.74) is -0.507. The summed E-state index contributed by atoms with van der Waals surface area (Å²) in [6.45, 7) is 4.65. The molecule has 262 valence electrons. The Balaban J connectivity index is 1.06. The summed E-state index contributed by atoms with van der Waals surface area (Å²) >= 11 is 0. The van der Waals surface area contributed by atoms with Gasteiger partial charge in [-0.25, -0.2) is 26.4 Å². The number of piperidine rings is 1. The van der Waals surface area contributed by atoms with E-state index in [1.54, 1.807) is 24.3 Å². The number of methoxy groups -OCH3 is 1. The van der Waals surface area contributed by atoms with Gasteiger partial charge in [0.2, 0.25) is 0 Å². The second kappa shape index (κ2) is 13.1. The summed E-state index contributed by atoms with van der Waals surface area (Å²) in [7, 11) is -1.91. The van der Waals surface area contributed by atoms with Gasteiger partial charge in [0, 0.05) is 36.3 Å². The number of alkyl halides is 1. The van der Waals surface area contributed by atoms with Gasteiger partial charge in [-0.1, -0.05) is 6.42 Å². The maximum atomic E-state index is 16.1. The number of nitrogens with zero attached hydrogens (tertiary/aromatic N) is 3. The molecule has 0 radical (unpaired) electrons. The molecule has 5 fully saturated rings. The van der Waals surface area contributed by atoms with E-state index in [0.717, 1.165) is 63.4 Å². The van der Waals surface area contributed by atoms with Crippen molar-refractivity contribution in [3.8, 4) is 0 Å². The second-order valence-corrected chi connectivity index (χ2v) is 17.1. The zero-order chi connectivity index (χ0) is 33.7. The second-order valence-electron chi connectivity index (χ2n) is 14.9. The molecule has 0 spiro atoms. The van der Waals surface area contributed by atoms with Gasteiger partial charge in [0.15, 0.2) is 15.5 Å². The van der Waals surface area contributed by atoms with Crippen molar-refractivity contribution in [2.75, 3.05) is 64.4 Å². The first-order chi connectivity index (χ1) is 23.0. The van der Waals surface area contributed by atoms with E-state index in [9.17, 15) is 22.0 Å². The number of hydrogen-bond donors (Lipinski definition) is 1.